The molecule has 1 N–H and O–H groups in total. The van der Waals surface area contributed by atoms with E-state index in [0.717, 1.165) is 42.1 Å². The Kier molecular flexibility index (Phi) is 5.48. The third-order valence-corrected chi connectivity index (χ3v) is 4.17. The molecule has 0 spiro atoms. The van der Waals surface area contributed by atoms with Gasteiger partial charge in [-0.3, -0.25) is 4.98 Å². The molecule has 2 aromatic rings. The topological polar surface area (TPSA) is 46.6 Å². The lowest BCUT2D eigenvalue weighted by Crippen LogP contribution is -2.39. The minimum Gasteiger partial charge on any atom is -0.454 e. The predicted octanol–water partition coefficient (Wildman–Crippen LogP) is 3.49. The van der Waals surface area contributed by atoms with E-state index in [4.69, 9.17) is 21.7 Å². The average molecular weight is 343 g/mol. The van der Waals surface area contributed by atoms with E-state index >= 15 is 0 Å². The van der Waals surface area contributed by atoms with E-state index in [-0.39, 0.29) is 6.79 Å². The standard InChI is InChI=1S/C18H21N3O2S/c1-2-3-8-20-18(24)21(12-14-6-9-19-10-7-14)15-4-5-16-17(11-15)23-13-22-16/h4-7,9-11H,2-3,8,12-13H2,1H3,(H,20,24). The second kappa shape index (κ2) is 7.97. The van der Waals surface area contributed by atoms with Crippen molar-refractivity contribution in [2.45, 2.75) is 26.3 Å². The van der Waals surface area contributed by atoms with Crippen LogP contribution in [0, 0.1) is 0 Å². The smallest absolute Gasteiger partial charge is 0.231 e. The third-order valence-electron chi connectivity index (χ3n) is 3.81. The molecule has 0 saturated carbocycles. The van der Waals surface area contributed by atoms with Crippen LogP contribution in [0.1, 0.15) is 25.3 Å². The van der Waals surface area contributed by atoms with Crippen molar-refractivity contribution < 1.29 is 9.47 Å². The van der Waals surface area contributed by atoms with Crippen LogP contribution in [0.2, 0.25) is 0 Å². The van der Waals surface area contributed by atoms with Crippen LogP contribution in [0.25, 0.3) is 0 Å². The summed E-state index contributed by atoms with van der Waals surface area (Å²) >= 11 is 5.63. The molecule has 0 aliphatic carbocycles. The second-order valence-electron chi connectivity index (χ2n) is 5.56. The van der Waals surface area contributed by atoms with E-state index in [1.807, 2.05) is 30.3 Å². The van der Waals surface area contributed by atoms with E-state index in [1.54, 1.807) is 12.4 Å². The SMILES string of the molecule is CCCCNC(=S)N(Cc1ccncc1)c1ccc2c(c1)OCO2. The van der Waals surface area contributed by atoms with Crippen LogP contribution in [0.15, 0.2) is 42.7 Å². The molecular formula is C18H21N3O2S. The van der Waals surface area contributed by atoms with Crippen molar-refractivity contribution in [2.75, 3.05) is 18.2 Å². The highest BCUT2D eigenvalue weighted by atomic mass is 32.1. The van der Waals surface area contributed by atoms with Gasteiger partial charge in [-0.15, -0.1) is 0 Å². The predicted molar refractivity (Wildman–Crippen MR) is 98.5 cm³/mol. The first-order chi connectivity index (χ1) is 11.8. The van der Waals surface area contributed by atoms with Gasteiger partial charge in [0.25, 0.3) is 0 Å². The Morgan fingerprint density at radius 2 is 2.00 bits per heavy atom. The van der Waals surface area contributed by atoms with Gasteiger partial charge in [-0.25, -0.2) is 0 Å². The number of nitrogens with zero attached hydrogens (tertiary/aromatic N) is 2. The molecule has 2 heterocycles. The maximum Gasteiger partial charge on any atom is 0.231 e. The van der Waals surface area contributed by atoms with Gasteiger partial charge in [0.15, 0.2) is 16.6 Å². The molecule has 1 aromatic carbocycles. The van der Waals surface area contributed by atoms with Gasteiger partial charge in [-0.2, -0.15) is 0 Å². The van der Waals surface area contributed by atoms with Crippen molar-refractivity contribution in [2.24, 2.45) is 0 Å². The Morgan fingerprint density at radius 3 is 2.79 bits per heavy atom. The average Bonchev–Trinajstić information content (AvgIpc) is 3.08. The Balaban J connectivity index is 1.82. The molecule has 0 unspecified atom stereocenters. The Morgan fingerprint density at radius 1 is 1.21 bits per heavy atom. The number of aromatic nitrogens is 1. The molecule has 0 amide bonds. The number of nitrogens with one attached hydrogen (secondary N) is 1. The summed E-state index contributed by atoms with van der Waals surface area (Å²) in [4.78, 5) is 6.15. The van der Waals surface area contributed by atoms with Crippen LogP contribution in [-0.4, -0.2) is 23.4 Å². The van der Waals surface area contributed by atoms with Crippen LogP contribution in [-0.2, 0) is 6.54 Å². The molecular weight excluding hydrogens is 322 g/mol. The highest BCUT2D eigenvalue weighted by Gasteiger charge is 2.18. The number of pyridine rings is 1. The minimum absolute atomic E-state index is 0.266. The quantitative estimate of drug-likeness (QED) is 0.640. The number of hydrogen-bond donors (Lipinski definition) is 1. The van der Waals surface area contributed by atoms with Gasteiger partial charge in [0, 0.05) is 30.7 Å². The van der Waals surface area contributed by atoms with Gasteiger partial charge in [-0.05, 0) is 48.5 Å². The first-order valence-corrected chi connectivity index (χ1v) is 8.52. The fourth-order valence-electron chi connectivity index (χ4n) is 2.47. The summed E-state index contributed by atoms with van der Waals surface area (Å²) in [7, 11) is 0. The number of rotatable bonds is 6. The molecule has 1 aliphatic rings. The number of thiocarbonyl (C=S) groups is 1. The number of anilines is 1. The fourth-order valence-corrected chi connectivity index (χ4v) is 2.74. The zero-order chi connectivity index (χ0) is 16.8. The van der Waals surface area contributed by atoms with Gasteiger partial charge in [-0.1, -0.05) is 13.3 Å². The summed E-state index contributed by atoms with van der Waals surface area (Å²) in [5, 5.41) is 4.05. The molecule has 6 heteroatoms. The van der Waals surface area contributed by atoms with Crippen molar-refractivity contribution >= 4 is 23.0 Å². The first kappa shape index (κ1) is 16.5. The lowest BCUT2D eigenvalue weighted by molar-refractivity contribution is 0.174. The largest absolute Gasteiger partial charge is 0.454 e. The van der Waals surface area contributed by atoms with Crippen LogP contribution >= 0.6 is 12.2 Å². The Hall–Kier alpha value is -2.34. The highest BCUT2D eigenvalue weighted by molar-refractivity contribution is 7.80. The highest BCUT2D eigenvalue weighted by Crippen LogP contribution is 2.35. The van der Waals surface area contributed by atoms with Crippen molar-refractivity contribution in [3.8, 4) is 11.5 Å². The third kappa shape index (κ3) is 3.94. The van der Waals surface area contributed by atoms with E-state index in [0.29, 0.717) is 11.7 Å². The van der Waals surface area contributed by atoms with Gasteiger partial charge in [0.2, 0.25) is 6.79 Å². The fraction of sp³-hybridized carbons (Fsp3) is 0.333. The zero-order valence-electron chi connectivity index (χ0n) is 13.7. The molecule has 0 atom stereocenters. The molecule has 1 aromatic heterocycles. The first-order valence-electron chi connectivity index (χ1n) is 8.12. The van der Waals surface area contributed by atoms with Gasteiger partial charge in [0.05, 0.1) is 6.54 Å². The number of fused-ring (bicyclic) bond motifs is 1. The molecule has 1 aliphatic heterocycles. The number of unbranched alkanes of at least 4 members (excludes halogenated alkanes) is 1. The summed E-state index contributed by atoms with van der Waals surface area (Å²) < 4.78 is 10.9. The Labute approximate surface area is 147 Å². The molecule has 0 bridgehead atoms. The van der Waals surface area contributed by atoms with Gasteiger partial charge < -0.3 is 19.7 Å². The number of ether oxygens (including phenoxy) is 2. The normalized spacial score (nSPS) is 12.0. The summed E-state index contributed by atoms with van der Waals surface area (Å²) in [6.07, 6.45) is 5.80. The molecule has 24 heavy (non-hydrogen) atoms. The molecule has 0 fully saturated rings. The summed E-state index contributed by atoms with van der Waals surface area (Å²) in [6.45, 7) is 3.96. The lowest BCUT2D eigenvalue weighted by Gasteiger charge is -2.26. The van der Waals surface area contributed by atoms with Crippen molar-refractivity contribution in [1.82, 2.24) is 10.3 Å². The van der Waals surface area contributed by atoms with E-state index < -0.39 is 0 Å². The van der Waals surface area contributed by atoms with Gasteiger partial charge >= 0.3 is 0 Å². The number of benzene rings is 1. The number of hydrogen-bond acceptors (Lipinski definition) is 4. The minimum atomic E-state index is 0.266. The van der Waals surface area contributed by atoms with E-state index in [9.17, 15) is 0 Å². The maximum atomic E-state index is 5.63. The summed E-state index contributed by atoms with van der Waals surface area (Å²) in [5.74, 6) is 1.52. The van der Waals surface area contributed by atoms with Crippen LogP contribution in [0.5, 0.6) is 11.5 Å². The van der Waals surface area contributed by atoms with Crippen molar-refractivity contribution in [3.05, 3.63) is 48.3 Å². The molecule has 0 saturated heterocycles. The second-order valence-corrected chi connectivity index (χ2v) is 5.95. The van der Waals surface area contributed by atoms with E-state index in [2.05, 4.69) is 22.1 Å². The van der Waals surface area contributed by atoms with Gasteiger partial charge in [0.1, 0.15) is 0 Å². The Bertz CT molecular complexity index is 694. The van der Waals surface area contributed by atoms with Crippen LogP contribution < -0.4 is 19.7 Å². The molecule has 0 radical (unpaired) electrons. The molecule has 126 valence electrons. The lowest BCUT2D eigenvalue weighted by atomic mass is 10.2. The zero-order valence-corrected chi connectivity index (χ0v) is 14.5. The van der Waals surface area contributed by atoms with Crippen molar-refractivity contribution in [3.63, 3.8) is 0 Å². The maximum absolute atomic E-state index is 5.63. The molecule has 3 rings (SSSR count). The van der Waals surface area contributed by atoms with Crippen LogP contribution in [0.4, 0.5) is 5.69 Å². The summed E-state index contributed by atoms with van der Waals surface area (Å²) in [5.41, 5.74) is 2.12. The van der Waals surface area contributed by atoms with E-state index in [1.165, 1.54) is 0 Å². The molecule has 5 nitrogen and oxygen atoms in total. The summed E-state index contributed by atoms with van der Waals surface area (Å²) in [6, 6.07) is 9.88. The van der Waals surface area contributed by atoms with Crippen LogP contribution in [0.3, 0.4) is 0 Å². The van der Waals surface area contributed by atoms with Crippen molar-refractivity contribution in [1.29, 1.82) is 0 Å². The monoisotopic (exact) mass is 343 g/mol.